The Morgan fingerprint density at radius 3 is 2.39 bits per heavy atom. The number of hydrogen-bond donors (Lipinski definition) is 2. The maximum Gasteiger partial charge on any atom is 0.161 e. The third kappa shape index (κ3) is 5.58. The van der Waals surface area contributed by atoms with Crippen LogP contribution in [0.3, 0.4) is 0 Å². The molecule has 4 heteroatoms. The zero-order valence-corrected chi connectivity index (χ0v) is 13.8. The predicted molar refractivity (Wildman–Crippen MR) is 91.9 cm³/mol. The largest absolute Gasteiger partial charge is 0.490 e. The highest BCUT2D eigenvalue weighted by atomic mass is 16.5. The third-order valence-electron chi connectivity index (χ3n) is 3.44. The minimum Gasteiger partial charge on any atom is -0.490 e. The van der Waals surface area contributed by atoms with Crippen molar-refractivity contribution in [1.82, 2.24) is 5.32 Å². The Kier molecular flexibility index (Phi) is 6.91. The Morgan fingerprint density at radius 1 is 0.957 bits per heavy atom. The van der Waals surface area contributed by atoms with Gasteiger partial charge < -0.3 is 19.9 Å². The number of hydrogen-bond acceptors (Lipinski definition) is 4. The van der Waals surface area contributed by atoms with E-state index in [1.165, 1.54) is 5.56 Å². The van der Waals surface area contributed by atoms with Crippen LogP contribution in [-0.2, 0) is 13.2 Å². The lowest BCUT2D eigenvalue weighted by atomic mass is 10.1. The number of rotatable bonds is 9. The SMILES string of the molecule is CCOc1cc(CNCCO)ccc1OCc1ccc(C)cc1. The molecule has 0 aromatic heterocycles. The lowest BCUT2D eigenvalue weighted by Crippen LogP contribution is -2.17. The molecule has 0 spiro atoms. The zero-order valence-electron chi connectivity index (χ0n) is 13.8. The van der Waals surface area contributed by atoms with Gasteiger partial charge in [0, 0.05) is 13.1 Å². The van der Waals surface area contributed by atoms with Crippen LogP contribution in [0.15, 0.2) is 42.5 Å². The molecular weight excluding hydrogens is 290 g/mol. The molecule has 2 aromatic rings. The molecule has 0 radical (unpaired) electrons. The van der Waals surface area contributed by atoms with E-state index in [0.717, 1.165) is 22.6 Å². The first-order valence-electron chi connectivity index (χ1n) is 7.98. The fraction of sp³-hybridized carbons (Fsp3) is 0.368. The van der Waals surface area contributed by atoms with Crippen LogP contribution in [0.4, 0.5) is 0 Å². The summed E-state index contributed by atoms with van der Waals surface area (Å²) in [5, 5.41) is 12.0. The van der Waals surface area contributed by atoms with Crippen molar-refractivity contribution in [2.75, 3.05) is 19.8 Å². The molecule has 2 aromatic carbocycles. The number of aliphatic hydroxyl groups excluding tert-OH is 1. The van der Waals surface area contributed by atoms with Gasteiger partial charge in [-0.2, -0.15) is 0 Å². The maximum absolute atomic E-state index is 8.82. The first-order chi connectivity index (χ1) is 11.2. The molecule has 0 aliphatic rings. The monoisotopic (exact) mass is 315 g/mol. The van der Waals surface area contributed by atoms with Crippen molar-refractivity contribution in [2.45, 2.75) is 27.0 Å². The lowest BCUT2D eigenvalue weighted by Gasteiger charge is -2.14. The highest BCUT2D eigenvalue weighted by Crippen LogP contribution is 2.29. The second-order valence-electron chi connectivity index (χ2n) is 5.39. The Labute approximate surface area is 138 Å². The molecule has 0 heterocycles. The van der Waals surface area contributed by atoms with Crippen molar-refractivity contribution in [3.8, 4) is 11.5 Å². The van der Waals surface area contributed by atoms with E-state index in [4.69, 9.17) is 14.6 Å². The van der Waals surface area contributed by atoms with Crippen LogP contribution in [0.5, 0.6) is 11.5 Å². The maximum atomic E-state index is 8.82. The van der Waals surface area contributed by atoms with Gasteiger partial charge in [0.25, 0.3) is 0 Å². The van der Waals surface area contributed by atoms with E-state index < -0.39 is 0 Å². The van der Waals surface area contributed by atoms with Crippen LogP contribution in [0.25, 0.3) is 0 Å². The van der Waals surface area contributed by atoms with E-state index >= 15 is 0 Å². The average molecular weight is 315 g/mol. The van der Waals surface area contributed by atoms with Gasteiger partial charge in [-0.3, -0.25) is 0 Å². The zero-order chi connectivity index (χ0) is 16.5. The normalized spacial score (nSPS) is 10.6. The van der Waals surface area contributed by atoms with E-state index in [9.17, 15) is 0 Å². The van der Waals surface area contributed by atoms with E-state index in [0.29, 0.717) is 26.3 Å². The van der Waals surface area contributed by atoms with Crippen molar-refractivity contribution in [1.29, 1.82) is 0 Å². The molecule has 0 saturated carbocycles. The van der Waals surface area contributed by atoms with Gasteiger partial charge in [-0.05, 0) is 37.1 Å². The summed E-state index contributed by atoms with van der Waals surface area (Å²) in [5.74, 6) is 1.50. The lowest BCUT2D eigenvalue weighted by molar-refractivity contribution is 0.269. The first kappa shape index (κ1) is 17.3. The minimum absolute atomic E-state index is 0.135. The Bertz CT molecular complexity index is 596. The van der Waals surface area contributed by atoms with Crippen LogP contribution in [-0.4, -0.2) is 24.9 Å². The van der Waals surface area contributed by atoms with E-state index in [2.05, 4.69) is 36.5 Å². The summed E-state index contributed by atoms with van der Waals surface area (Å²) in [6.07, 6.45) is 0. The van der Waals surface area contributed by atoms with Crippen LogP contribution < -0.4 is 14.8 Å². The van der Waals surface area contributed by atoms with Gasteiger partial charge in [0.15, 0.2) is 11.5 Å². The summed E-state index contributed by atoms with van der Waals surface area (Å²) >= 11 is 0. The van der Waals surface area contributed by atoms with E-state index in [1.807, 2.05) is 25.1 Å². The Hall–Kier alpha value is -2.04. The fourth-order valence-corrected chi connectivity index (χ4v) is 2.21. The topological polar surface area (TPSA) is 50.7 Å². The summed E-state index contributed by atoms with van der Waals surface area (Å²) < 4.78 is 11.6. The van der Waals surface area contributed by atoms with Gasteiger partial charge in [-0.25, -0.2) is 0 Å². The second kappa shape index (κ2) is 9.18. The number of nitrogens with one attached hydrogen (secondary N) is 1. The molecule has 0 amide bonds. The third-order valence-corrected chi connectivity index (χ3v) is 3.44. The standard InChI is InChI=1S/C19H25NO3/c1-3-22-19-12-17(13-20-10-11-21)8-9-18(19)23-14-16-6-4-15(2)5-7-16/h4-9,12,20-21H,3,10-11,13-14H2,1-2H3. The van der Waals surface area contributed by atoms with Crippen molar-refractivity contribution in [3.63, 3.8) is 0 Å². The molecule has 124 valence electrons. The second-order valence-corrected chi connectivity index (χ2v) is 5.39. The van der Waals surface area contributed by atoms with Gasteiger partial charge in [-0.15, -0.1) is 0 Å². The summed E-state index contributed by atoms with van der Waals surface area (Å²) in [6, 6.07) is 14.2. The summed E-state index contributed by atoms with van der Waals surface area (Å²) in [5.41, 5.74) is 3.47. The highest BCUT2D eigenvalue weighted by molar-refractivity contribution is 5.43. The molecule has 0 bridgehead atoms. The molecule has 0 aliphatic heterocycles. The van der Waals surface area contributed by atoms with Gasteiger partial charge in [0.05, 0.1) is 13.2 Å². The molecule has 0 aliphatic carbocycles. The predicted octanol–water partition coefficient (Wildman–Crippen LogP) is 3.05. The summed E-state index contributed by atoms with van der Waals surface area (Å²) in [6.45, 7) is 6.54. The van der Waals surface area contributed by atoms with Crippen molar-refractivity contribution < 1.29 is 14.6 Å². The molecule has 0 fully saturated rings. The molecular formula is C19H25NO3. The van der Waals surface area contributed by atoms with Crippen LogP contribution in [0.1, 0.15) is 23.6 Å². The number of benzene rings is 2. The van der Waals surface area contributed by atoms with E-state index in [-0.39, 0.29) is 6.61 Å². The number of aryl methyl sites for hydroxylation is 1. The van der Waals surface area contributed by atoms with Gasteiger partial charge >= 0.3 is 0 Å². The highest BCUT2D eigenvalue weighted by Gasteiger charge is 2.07. The smallest absolute Gasteiger partial charge is 0.161 e. The fourth-order valence-electron chi connectivity index (χ4n) is 2.21. The van der Waals surface area contributed by atoms with E-state index in [1.54, 1.807) is 0 Å². The molecule has 0 saturated heterocycles. The number of ether oxygens (including phenoxy) is 2. The molecule has 4 nitrogen and oxygen atoms in total. The van der Waals surface area contributed by atoms with Gasteiger partial charge in [0.1, 0.15) is 6.61 Å². The van der Waals surface area contributed by atoms with Crippen LogP contribution in [0, 0.1) is 6.92 Å². The molecule has 0 atom stereocenters. The van der Waals surface area contributed by atoms with Crippen LogP contribution >= 0.6 is 0 Å². The average Bonchev–Trinajstić information content (AvgIpc) is 2.56. The van der Waals surface area contributed by atoms with Crippen molar-refractivity contribution in [3.05, 3.63) is 59.2 Å². The van der Waals surface area contributed by atoms with Crippen molar-refractivity contribution >= 4 is 0 Å². The molecule has 0 unspecified atom stereocenters. The Morgan fingerprint density at radius 2 is 1.70 bits per heavy atom. The quantitative estimate of drug-likeness (QED) is 0.698. The van der Waals surface area contributed by atoms with Gasteiger partial charge in [-0.1, -0.05) is 35.9 Å². The first-order valence-corrected chi connectivity index (χ1v) is 7.98. The number of aliphatic hydroxyl groups is 1. The molecule has 2 rings (SSSR count). The van der Waals surface area contributed by atoms with Gasteiger partial charge in [0.2, 0.25) is 0 Å². The molecule has 2 N–H and O–H groups in total. The molecule has 23 heavy (non-hydrogen) atoms. The summed E-state index contributed by atoms with van der Waals surface area (Å²) in [7, 11) is 0. The minimum atomic E-state index is 0.135. The van der Waals surface area contributed by atoms with Crippen molar-refractivity contribution in [2.24, 2.45) is 0 Å². The Balaban J connectivity index is 2.02. The summed E-state index contributed by atoms with van der Waals surface area (Å²) in [4.78, 5) is 0. The van der Waals surface area contributed by atoms with Crippen LogP contribution in [0.2, 0.25) is 0 Å².